The van der Waals surface area contributed by atoms with E-state index in [2.05, 4.69) is 39.2 Å². The van der Waals surface area contributed by atoms with Crippen molar-refractivity contribution in [2.45, 2.75) is 32.6 Å². The minimum atomic E-state index is -0.505. The number of fused-ring (bicyclic) bond motifs is 1. The SMILES string of the molecule is CCCCCCOC(=O)c1ccccc1NC=C(C#N)c1nc(-c2cc3cc(Br)ccc3oc2=O)cs1. The van der Waals surface area contributed by atoms with E-state index in [1.807, 2.05) is 6.07 Å². The summed E-state index contributed by atoms with van der Waals surface area (Å²) in [6.45, 7) is 2.50. The van der Waals surface area contributed by atoms with Crippen LogP contribution in [0.5, 0.6) is 0 Å². The number of thiazole rings is 1. The molecule has 37 heavy (non-hydrogen) atoms. The third-order valence-electron chi connectivity index (χ3n) is 5.58. The summed E-state index contributed by atoms with van der Waals surface area (Å²) in [4.78, 5) is 29.6. The van der Waals surface area contributed by atoms with Crippen LogP contribution in [0.25, 0.3) is 27.8 Å². The van der Waals surface area contributed by atoms with Gasteiger partial charge in [-0.3, -0.25) is 0 Å². The van der Waals surface area contributed by atoms with E-state index in [1.165, 1.54) is 17.5 Å². The van der Waals surface area contributed by atoms with Crippen molar-refractivity contribution in [1.29, 1.82) is 5.26 Å². The number of benzene rings is 2. The van der Waals surface area contributed by atoms with Crippen LogP contribution in [0.3, 0.4) is 0 Å². The smallest absolute Gasteiger partial charge is 0.345 e. The summed E-state index contributed by atoms with van der Waals surface area (Å²) in [6.07, 6.45) is 5.57. The fourth-order valence-electron chi connectivity index (χ4n) is 3.64. The maximum Gasteiger partial charge on any atom is 0.345 e. The van der Waals surface area contributed by atoms with Crippen LogP contribution in [-0.4, -0.2) is 17.6 Å². The van der Waals surface area contributed by atoms with Crippen molar-refractivity contribution in [2.24, 2.45) is 0 Å². The number of para-hydroxylation sites is 1. The Morgan fingerprint density at radius 3 is 2.86 bits per heavy atom. The van der Waals surface area contributed by atoms with Gasteiger partial charge in [0.2, 0.25) is 0 Å². The molecule has 0 spiro atoms. The molecule has 2 aromatic heterocycles. The van der Waals surface area contributed by atoms with E-state index in [0.29, 0.717) is 39.7 Å². The number of nitriles is 1. The first-order chi connectivity index (χ1) is 18.0. The number of rotatable bonds is 10. The lowest BCUT2D eigenvalue weighted by Gasteiger charge is -2.09. The van der Waals surface area contributed by atoms with Gasteiger partial charge in [-0.1, -0.05) is 54.2 Å². The number of esters is 1. The van der Waals surface area contributed by atoms with E-state index in [4.69, 9.17) is 9.15 Å². The molecular formula is C28H24BrN3O4S. The lowest BCUT2D eigenvalue weighted by atomic mass is 10.1. The lowest BCUT2D eigenvalue weighted by Crippen LogP contribution is -2.09. The van der Waals surface area contributed by atoms with E-state index in [9.17, 15) is 14.9 Å². The van der Waals surface area contributed by atoms with Crippen molar-refractivity contribution in [1.82, 2.24) is 4.98 Å². The molecular weight excluding hydrogens is 554 g/mol. The Kier molecular flexibility index (Phi) is 8.88. The number of carbonyl (C=O) groups is 1. The number of nitrogens with one attached hydrogen (secondary N) is 1. The van der Waals surface area contributed by atoms with Crippen LogP contribution >= 0.6 is 27.3 Å². The summed E-state index contributed by atoms with van der Waals surface area (Å²) in [7, 11) is 0. The van der Waals surface area contributed by atoms with Gasteiger partial charge in [-0.25, -0.2) is 14.6 Å². The molecule has 4 aromatic rings. The molecule has 0 aliphatic rings. The minimum Gasteiger partial charge on any atom is -0.462 e. The van der Waals surface area contributed by atoms with Gasteiger partial charge >= 0.3 is 11.6 Å². The summed E-state index contributed by atoms with van der Waals surface area (Å²) in [5, 5.41) is 15.7. The molecule has 0 bridgehead atoms. The van der Waals surface area contributed by atoms with Gasteiger partial charge in [-0.2, -0.15) is 5.26 Å². The Labute approximate surface area is 226 Å². The predicted molar refractivity (Wildman–Crippen MR) is 149 cm³/mol. The maximum atomic E-state index is 12.6. The third kappa shape index (κ3) is 6.53. The van der Waals surface area contributed by atoms with Crippen molar-refractivity contribution in [3.63, 3.8) is 0 Å². The van der Waals surface area contributed by atoms with Crippen LogP contribution in [0.2, 0.25) is 0 Å². The monoisotopic (exact) mass is 577 g/mol. The largest absolute Gasteiger partial charge is 0.462 e. The van der Waals surface area contributed by atoms with E-state index >= 15 is 0 Å². The first kappa shape index (κ1) is 26.3. The molecule has 0 amide bonds. The summed E-state index contributed by atoms with van der Waals surface area (Å²) in [5.74, 6) is -0.419. The fourth-order valence-corrected chi connectivity index (χ4v) is 4.81. The number of unbranched alkanes of at least 4 members (excludes halogenated alkanes) is 3. The molecule has 0 aliphatic carbocycles. The van der Waals surface area contributed by atoms with Crippen LogP contribution in [-0.2, 0) is 4.74 Å². The van der Waals surface area contributed by atoms with Gasteiger partial charge in [0.25, 0.3) is 0 Å². The van der Waals surface area contributed by atoms with Crippen molar-refractivity contribution < 1.29 is 13.9 Å². The summed E-state index contributed by atoms with van der Waals surface area (Å²) < 4.78 is 11.7. The van der Waals surface area contributed by atoms with E-state index in [-0.39, 0.29) is 5.57 Å². The van der Waals surface area contributed by atoms with Gasteiger partial charge in [0, 0.05) is 21.4 Å². The third-order valence-corrected chi connectivity index (χ3v) is 6.94. The Morgan fingerprint density at radius 1 is 1.22 bits per heavy atom. The lowest BCUT2D eigenvalue weighted by molar-refractivity contribution is 0.0499. The number of ether oxygens (including phenoxy) is 1. The van der Waals surface area contributed by atoms with Gasteiger partial charge < -0.3 is 14.5 Å². The summed E-state index contributed by atoms with van der Waals surface area (Å²) >= 11 is 4.66. The number of halogens is 1. The topological polar surface area (TPSA) is 105 Å². The van der Waals surface area contributed by atoms with Crippen molar-refractivity contribution in [3.8, 4) is 17.3 Å². The normalized spacial score (nSPS) is 11.3. The molecule has 0 radical (unpaired) electrons. The standard InChI is InChI=1S/C28H24BrN3O4S/c1-2-3-4-7-12-35-27(33)21-8-5-6-9-23(21)31-16-19(15-30)26-32-24(17-37-26)22-14-18-13-20(29)10-11-25(18)36-28(22)34/h5-6,8-11,13-14,16-17,31H,2-4,7,12H2,1H3. The van der Waals surface area contributed by atoms with Crippen molar-refractivity contribution in [2.75, 3.05) is 11.9 Å². The molecule has 7 nitrogen and oxygen atoms in total. The molecule has 2 heterocycles. The average molecular weight is 578 g/mol. The zero-order valence-electron chi connectivity index (χ0n) is 20.1. The zero-order valence-corrected chi connectivity index (χ0v) is 22.5. The molecule has 188 valence electrons. The Morgan fingerprint density at radius 2 is 2.05 bits per heavy atom. The zero-order chi connectivity index (χ0) is 26.2. The van der Waals surface area contributed by atoms with Gasteiger partial charge in [0.05, 0.1) is 29.1 Å². The molecule has 0 aliphatic heterocycles. The maximum absolute atomic E-state index is 12.6. The highest BCUT2D eigenvalue weighted by molar-refractivity contribution is 9.10. The number of anilines is 1. The van der Waals surface area contributed by atoms with E-state index in [1.54, 1.807) is 47.8 Å². The van der Waals surface area contributed by atoms with Gasteiger partial charge in [-0.05, 0) is 42.8 Å². The van der Waals surface area contributed by atoms with Crippen LogP contribution in [0.15, 0.2) is 73.8 Å². The quantitative estimate of drug-likeness (QED) is 0.0905. The summed E-state index contributed by atoms with van der Waals surface area (Å²) in [6, 6.07) is 16.2. The number of hydrogen-bond donors (Lipinski definition) is 1. The van der Waals surface area contributed by atoms with Gasteiger partial charge in [0.1, 0.15) is 22.2 Å². The molecule has 0 saturated heterocycles. The van der Waals surface area contributed by atoms with E-state index in [0.717, 1.165) is 35.5 Å². The van der Waals surface area contributed by atoms with Crippen molar-refractivity contribution in [3.05, 3.63) is 85.6 Å². The van der Waals surface area contributed by atoms with Gasteiger partial charge in [0.15, 0.2) is 0 Å². The summed E-state index contributed by atoms with van der Waals surface area (Å²) in [5.41, 5.74) is 1.86. The van der Waals surface area contributed by atoms with Crippen LogP contribution in [0, 0.1) is 11.3 Å². The Balaban J connectivity index is 1.53. The Hall–Kier alpha value is -3.74. The molecule has 0 saturated carbocycles. The molecule has 1 N–H and O–H groups in total. The number of carbonyl (C=O) groups excluding carboxylic acids is 1. The van der Waals surface area contributed by atoms with Gasteiger partial charge in [-0.15, -0.1) is 11.3 Å². The average Bonchev–Trinajstić information content (AvgIpc) is 3.38. The number of allylic oxidation sites excluding steroid dienone is 1. The van der Waals surface area contributed by atoms with Crippen LogP contribution < -0.4 is 10.9 Å². The second-order valence-electron chi connectivity index (χ2n) is 8.22. The van der Waals surface area contributed by atoms with Crippen LogP contribution in [0.1, 0.15) is 48.0 Å². The molecule has 2 aromatic carbocycles. The molecule has 0 unspecified atom stereocenters. The van der Waals surface area contributed by atoms with Crippen LogP contribution in [0.4, 0.5) is 5.69 Å². The first-order valence-electron chi connectivity index (χ1n) is 11.8. The number of hydrogen-bond acceptors (Lipinski definition) is 8. The second-order valence-corrected chi connectivity index (χ2v) is 10.00. The number of nitrogens with zero attached hydrogens (tertiary/aromatic N) is 2. The first-order valence-corrected chi connectivity index (χ1v) is 13.5. The second kappa shape index (κ2) is 12.5. The minimum absolute atomic E-state index is 0.256. The Bertz CT molecular complexity index is 1550. The molecule has 9 heteroatoms. The fraction of sp³-hybridized carbons (Fsp3) is 0.214. The highest BCUT2D eigenvalue weighted by Crippen LogP contribution is 2.28. The number of aromatic nitrogens is 1. The van der Waals surface area contributed by atoms with E-state index < -0.39 is 11.6 Å². The molecule has 0 fully saturated rings. The van der Waals surface area contributed by atoms with Crippen molar-refractivity contribution >= 4 is 55.5 Å². The molecule has 0 atom stereocenters. The highest BCUT2D eigenvalue weighted by atomic mass is 79.9. The molecule has 4 rings (SSSR count). The predicted octanol–water partition coefficient (Wildman–Crippen LogP) is 7.39. The highest BCUT2D eigenvalue weighted by Gasteiger charge is 2.15.